The molecule has 13 heteroatoms. The zero-order valence-electron chi connectivity index (χ0n) is 19.7. The first-order valence-electron chi connectivity index (χ1n) is 11.0. The van der Waals surface area contributed by atoms with Gasteiger partial charge in [-0.3, -0.25) is 13.9 Å². The average molecular weight is 517 g/mol. The minimum Gasteiger partial charge on any atom is -0.478 e. The molecule has 0 aliphatic rings. The van der Waals surface area contributed by atoms with Gasteiger partial charge in [-0.15, -0.1) is 0 Å². The Hall–Kier alpha value is -4.39. The van der Waals surface area contributed by atoms with Gasteiger partial charge in [0.15, 0.2) is 11.2 Å². The van der Waals surface area contributed by atoms with E-state index < -0.39 is 48.2 Å². The predicted molar refractivity (Wildman–Crippen MR) is 128 cm³/mol. The van der Waals surface area contributed by atoms with Gasteiger partial charge >= 0.3 is 17.8 Å². The van der Waals surface area contributed by atoms with Gasteiger partial charge in [0.05, 0.1) is 42.3 Å². The fraction of sp³-hybridized carbons (Fsp3) is 0.250. The van der Waals surface area contributed by atoms with E-state index in [1.165, 1.54) is 53.2 Å². The zero-order valence-corrected chi connectivity index (χ0v) is 19.7. The molecule has 0 unspecified atom stereocenters. The number of rotatable bonds is 7. The number of aliphatic hydroxyl groups excluding tert-OH is 1. The molecule has 4 aromatic rings. The second-order valence-corrected chi connectivity index (χ2v) is 8.42. The van der Waals surface area contributed by atoms with E-state index in [1.54, 1.807) is 7.05 Å². The van der Waals surface area contributed by atoms with E-state index >= 15 is 0 Å². The zero-order chi connectivity index (χ0) is 27.1. The SMILES string of the molecule is Cn1cnc2c1c(=O)n(C[C@@H](O)CN(c1cccc(C(F)(F)F)c1)c1ccccc1C(=O)O)c(=O)n2C. The number of carbonyl (C=O) groups is 1. The third kappa shape index (κ3) is 4.85. The molecule has 0 radical (unpaired) electrons. The summed E-state index contributed by atoms with van der Waals surface area (Å²) >= 11 is 0. The lowest BCUT2D eigenvalue weighted by atomic mass is 10.1. The lowest BCUT2D eigenvalue weighted by Crippen LogP contribution is -2.44. The Morgan fingerprint density at radius 2 is 1.81 bits per heavy atom. The standard InChI is InChI=1S/C24H22F3N5O5/c1-29-13-28-20-19(29)21(34)32(23(37)30(20)2)12-16(33)11-31(18-9-4-3-8-17(18)22(35)36)15-7-5-6-14(10-15)24(25,26)27/h3-10,13,16,33H,11-12H2,1-2H3,(H,35,36)/t16-/m0/s1. The van der Waals surface area contributed by atoms with E-state index in [4.69, 9.17) is 0 Å². The van der Waals surface area contributed by atoms with Crippen LogP contribution in [0, 0.1) is 0 Å². The number of carboxylic acid groups (broad SMARTS) is 1. The number of alkyl halides is 3. The molecule has 0 saturated carbocycles. The molecule has 4 rings (SSSR count). The smallest absolute Gasteiger partial charge is 0.416 e. The molecule has 10 nitrogen and oxygen atoms in total. The number of aromatic carboxylic acids is 1. The summed E-state index contributed by atoms with van der Waals surface area (Å²) in [5.74, 6) is -1.33. The third-order valence-electron chi connectivity index (χ3n) is 5.90. The molecule has 2 aromatic carbocycles. The fourth-order valence-corrected chi connectivity index (χ4v) is 4.12. The van der Waals surface area contributed by atoms with Crippen molar-refractivity contribution < 1.29 is 28.2 Å². The number of benzene rings is 2. The Labute approximate surface area is 207 Å². The van der Waals surface area contributed by atoms with Gasteiger partial charge in [0.1, 0.15) is 0 Å². The number of anilines is 2. The van der Waals surface area contributed by atoms with E-state index in [9.17, 15) is 37.8 Å². The molecular weight excluding hydrogens is 495 g/mol. The number of hydrogen-bond acceptors (Lipinski definition) is 6. The van der Waals surface area contributed by atoms with Crippen molar-refractivity contribution in [2.24, 2.45) is 14.1 Å². The number of imidazole rings is 1. The first-order chi connectivity index (χ1) is 17.4. The number of fused-ring (bicyclic) bond motifs is 1. The van der Waals surface area contributed by atoms with Crippen LogP contribution in [0.5, 0.6) is 0 Å². The molecule has 0 aliphatic carbocycles. The van der Waals surface area contributed by atoms with Gasteiger partial charge in [0, 0.05) is 19.8 Å². The predicted octanol–water partition coefficient (Wildman–Crippen LogP) is 2.35. The second kappa shape index (κ2) is 9.58. The van der Waals surface area contributed by atoms with Crippen LogP contribution in [-0.4, -0.2) is 47.5 Å². The Bertz CT molecular complexity index is 1610. The minimum atomic E-state index is -4.66. The molecule has 37 heavy (non-hydrogen) atoms. The highest BCUT2D eigenvalue weighted by molar-refractivity contribution is 5.95. The van der Waals surface area contributed by atoms with Crippen LogP contribution < -0.4 is 16.1 Å². The molecular formula is C24H22F3N5O5. The van der Waals surface area contributed by atoms with E-state index in [1.807, 2.05) is 0 Å². The van der Waals surface area contributed by atoms with Crippen LogP contribution >= 0.6 is 0 Å². The average Bonchev–Trinajstić information content (AvgIpc) is 3.25. The van der Waals surface area contributed by atoms with Gasteiger partial charge < -0.3 is 19.7 Å². The summed E-state index contributed by atoms with van der Waals surface area (Å²) in [4.78, 5) is 42.9. The van der Waals surface area contributed by atoms with Gasteiger partial charge in [0.2, 0.25) is 0 Å². The van der Waals surface area contributed by atoms with Crippen LogP contribution in [0.3, 0.4) is 0 Å². The number of aryl methyl sites for hydroxylation is 2. The van der Waals surface area contributed by atoms with E-state index in [-0.39, 0.29) is 28.1 Å². The van der Waals surface area contributed by atoms with Crippen molar-refractivity contribution in [3.8, 4) is 0 Å². The molecule has 0 amide bonds. The first-order valence-corrected chi connectivity index (χ1v) is 11.0. The van der Waals surface area contributed by atoms with Crippen LogP contribution in [0.4, 0.5) is 24.5 Å². The second-order valence-electron chi connectivity index (χ2n) is 8.42. The van der Waals surface area contributed by atoms with Crippen molar-refractivity contribution in [2.45, 2.75) is 18.8 Å². The minimum absolute atomic E-state index is 0.0238. The van der Waals surface area contributed by atoms with Crippen molar-refractivity contribution in [1.82, 2.24) is 18.7 Å². The molecule has 2 heterocycles. The summed E-state index contributed by atoms with van der Waals surface area (Å²) in [5, 5.41) is 20.6. The van der Waals surface area contributed by atoms with Gasteiger partial charge in [0.25, 0.3) is 5.56 Å². The summed E-state index contributed by atoms with van der Waals surface area (Å²) in [6.45, 7) is -0.929. The number of hydrogen-bond donors (Lipinski definition) is 2. The maximum Gasteiger partial charge on any atom is 0.416 e. The molecule has 0 bridgehead atoms. The summed E-state index contributed by atoms with van der Waals surface area (Å²) in [6.07, 6.45) is -4.76. The molecule has 0 saturated heterocycles. The molecule has 2 N–H and O–H groups in total. The summed E-state index contributed by atoms with van der Waals surface area (Å²) < 4.78 is 43.6. The van der Waals surface area contributed by atoms with E-state index in [0.29, 0.717) is 0 Å². The van der Waals surface area contributed by atoms with Crippen LogP contribution in [0.25, 0.3) is 11.2 Å². The molecule has 194 valence electrons. The van der Waals surface area contributed by atoms with Gasteiger partial charge in [-0.25, -0.2) is 14.6 Å². The van der Waals surface area contributed by atoms with Gasteiger partial charge in [-0.05, 0) is 30.3 Å². The molecule has 2 aromatic heterocycles. The van der Waals surface area contributed by atoms with Crippen molar-refractivity contribution >= 4 is 28.5 Å². The van der Waals surface area contributed by atoms with Crippen LogP contribution in [0.15, 0.2) is 64.4 Å². The summed E-state index contributed by atoms with van der Waals surface area (Å²) in [6, 6.07) is 9.84. The number of nitrogens with zero attached hydrogens (tertiary/aromatic N) is 5. The molecule has 0 spiro atoms. The van der Waals surface area contributed by atoms with Crippen molar-refractivity contribution in [2.75, 3.05) is 11.4 Å². The van der Waals surface area contributed by atoms with Crippen LogP contribution in [-0.2, 0) is 26.8 Å². The largest absolute Gasteiger partial charge is 0.478 e. The number of aliphatic hydroxyl groups is 1. The summed E-state index contributed by atoms with van der Waals surface area (Å²) in [5.41, 5.74) is -2.36. The first kappa shape index (κ1) is 25.7. The summed E-state index contributed by atoms with van der Waals surface area (Å²) in [7, 11) is 2.98. The number of halogens is 3. The highest BCUT2D eigenvalue weighted by atomic mass is 19.4. The lowest BCUT2D eigenvalue weighted by Gasteiger charge is -2.29. The Morgan fingerprint density at radius 3 is 2.49 bits per heavy atom. The number of para-hydroxylation sites is 1. The third-order valence-corrected chi connectivity index (χ3v) is 5.90. The quantitative estimate of drug-likeness (QED) is 0.386. The molecule has 1 atom stereocenters. The normalized spacial score (nSPS) is 12.6. The van der Waals surface area contributed by atoms with Crippen molar-refractivity contribution in [1.29, 1.82) is 0 Å². The van der Waals surface area contributed by atoms with Gasteiger partial charge in [-0.2, -0.15) is 13.2 Å². The van der Waals surface area contributed by atoms with Crippen LogP contribution in [0.2, 0.25) is 0 Å². The van der Waals surface area contributed by atoms with Crippen molar-refractivity contribution in [3.05, 3.63) is 86.8 Å². The van der Waals surface area contributed by atoms with E-state index in [2.05, 4.69) is 4.98 Å². The fourth-order valence-electron chi connectivity index (χ4n) is 4.12. The molecule has 0 aliphatic heterocycles. The number of aromatic nitrogens is 4. The Kier molecular flexibility index (Phi) is 6.65. The van der Waals surface area contributed by atoms with Gasteiger partial charge in [-0.1, -0.05) is 18.2 Å². The van der Waals surface area contributed by atoms with Crippen molar-refractivity contribution in [3.63, 3.8) is 0 Å². The highest BCUT2D eigenvalue weighted by Gasteiger charge is 2.31. The highest BCUT2D eigenvalue weighted by Crippen LogP contribution is 2.35. The monoisotopic (exact) mass is 517 g/mol. The lowest BCUT2D eigenvalue weighted by molar-refractivity contribution is -0.137. The maximum absolute atomic E-state index is 13.4. The maximum atomic E-state index is 13.4. The Balaban J connectivity index is 1.78. The molecule has 0 fully saturated rings. The number of carboxylic acids is 1. The van der Waals surface area contributed by atoms with Crippen LogP contribution in [0.1, 0.15) is 15.9 Å². The Morgan fingerprint density at radius 1 is 1.11 bits per heavy atom. The topological polar surface area (TPSA) is 123 Å². The van der Waals surface area contributed by atoms with E-state index in [0.717, 1.165) is 27.3 Å².